The Kier molecular flexibility index (Phi) is 40.8. The Morgan fingerprint density at radius 1 is 0.282 bits per heavy atom. The van der Waals surface area contributed by atoms with Gasteiger partial charge in [0.15, 0.2) is 0 Å². The largest absolute Gasteiger partial charge is 0.465 e. The highest BCUT2D eigenvalue weighted by molar-refractivity contribution is 8.40. The molecule has 0 fully saturated rings. The SMILES string of the molecule is COC(=O)c1ccc2c(c1)CNC2.[B]B([B])B([B])B(B([B])[B])B(B(B(B([B])[B])B([B])[B])B(B([B])[B])B([B])[B])B(B(B(B([B])[B])B([B])[B])B(B([B])[B])B([B])[B])B(B(B(B([B])[B])B([B])[B])B(B([B])[B])B([B])[B])B(B(B([B])[B])B([B])[B])B(B([B])[B])B([B])[B]. The number of rotatable bonds is 35. The molecule has 1 aromatic rings. The minimum Gasteiger partial charge on any atom is -0.465 e. The molecule has 75 heteroatoms. The quantitative estimate of drug-likeness (QED) is 0.0544. The Morgan fingerprint density at radius 2 is 0.471 bits per heavy atom. The van der Waals surface area contributed by atoms with Crippen LogP contribution >= 0.6 is 0 Å². The van der Waals surface area contributed by atoms with Gasteiger partial charge in [-0.2, -0.15) is 0 Å². The van der Waals surface area contributed by atoms with Crippen LogP contribution in [-0.4, -0.2) is 523 Å². The summed E-state index contributed by atoms with van der Waals surface area (Å²) in [4.78, 5) is 11.2. The Bertz CT molecular complexity index is 1810. The second kappa shape index (κ2) is 40.1. The highest BCUT2D eigenvalue weighted by Gasteiger charge is 2.64. The van der Waals surface area contributed by atoms with E-state index in [0.717, 1.165) is 13.1 Å². The summed E-state index contributed by atoms with van der Waals surface area (Å²) in [6.45, 7) is 1.75. The first-order chi connectivity index (χ1) is 39.0. The van der Waals surface area contributed by atoms with Gasteiger partial charge in [0.05, 0.1) is 12.7 Å². The number of esters is 1. The molecule has 0 bridgehead atoms. The van der Waals surface area contributed by atoms with Crippen molar-refractivity contribution in [2.24, 2.45) is 0 Å². The van der Waals surface area contributed by atoms with Gasteiger partial charge in [0.2, 0.25) is 0 Å². The first kappa shape index (κ1) is 86.3. The van der Waals surface area contributed by atoms with E-state index in [4.69, 9.17) is 286 Å². The number of methoxy groups -OCH3 is 1. The van der Waals surface area contributed by atoms with Gasteiger partial charge in [-0.15, -0.1) is 0 Å². The number of hydrogen-bond donors (Lipinski definition) is 1. The Balaban J connectivity index is 0.00000240. The maximum absolute atomic E-state index is 11.2. The molecule has 2 rings (SSSR count). The third-order valence-electron chi connectivity index (χ3n) is 17.4. The van der Waals surface area contributed by atoms with Gasteiger partial charge in [-0.1, -0.05) is 6.07 Å². The van der Waals surface area contributed by atoms with Crippen LogP contribution < -0.4 is 5.32 Å². The predicted octanol–water partition coefficient (Wildman–Crippen LogP) is -26.3. The van der Waals surface area contributed by atoms with Gasteiger partial charge in [0.25, 0.3) is 0 Å². The fourth-order valence-electron chi connectivity index (χ4n) is 14.1. The summed E-state index contributed by atoms with van der Waals surface area (Å²) < 4.78 is 4.64. The van der Waals surface area contributed by atoms with Crippen molar-refractivity contribution < 1.29 is 9.53 Å². The fourth-order valence-corrected chi connectivity index (χ4v) is 14.1. The average Bonchev–Trinajstić information content (AvgIpc) is 3.80. The summed E-state index contributed by atoms with van der Waals surface area (Å²) in [5, 5.41) is 3.22. The van der Waals surface area contributed by atoms with Crippen molar-refractivity contribution in [1.82, 2.24) is 5.32 Å². The molecule has 0 spiro atoms. The van der Waals surface area contributed by atoms with E-state index in [1.807, 2.05) is 12.1 Å². The Morgan fingerprint density at radius 3 is 0.659 bits per heavy atom. The van der Waals surface area contributed by atoms with Crippen LogP contribution in [-0.2, 0) is 17.8 Å². The molecule has 0 aliphatic carbocycles. The van der Waals surface area contributed by atoms with Gasteiger partial charge in [-0.25, -0.2) is 4.79 Å². The van der Waals surface area contributed by atoms with E-state index < -0.39 is 223 Å². The summed E-state index contributed by atoms with van der Waals surface area (Å²) in [6, 6.07) is 5.67. The van der Waals surface area contributed by atoms with Crippen LogP contribution in [0.25, 0.3) is 0 Å². The Labute approximate surface area is 580 Å². The highest BCUT2D eigenvalue weighted by atomic mass is 16.5. The van der Waals surface area contributed by atoms with Crippen molar-refractivity contribution in [3.05, 3.63) is 34.9 Å². The minimum atomic E-state index is -1.77. The molecule has 3 nitrogen and oxygen atoms in total. The van der Waals surface area contributed by atoms with E-state index in [-0.39, 0.29) is 5.97 Å². The van der Waals surface area contributed by atoms with Crippen LogP contribution in [0.15, 0.2) is 18.2 Å². The molecule has 1 N–H and O–H groups in total. The van der Waals surface area contributed by atoms with Crippen molar-refractivity contribution in [2.75, 3.05) is 7.11 Å². The summed E-state index contributed by atoms with van der Waals surface area (Å²) >= 11 is 0. The molecule has 284 valence electrons. The molecule has 0 amide bonds. The van der Waals surface area contributed by atoms with E-state index in [1.54, 1.807) is 6.07 Å². The van der Waals surface area contributed by atoms with Crippen molar-refractivity contribution in [1.29, 1.82) is 0 Å². The van der Waals surface area contributed by atoms with E-state index in [0.29, 0.717) is 5.56 Å². The van der Waals surface area contributed by atoms with Gasteiger partial charge in [0, 0.05) is 523 Å². The molecule has 1 heterocycles. The first-order valence-electron chi connectivity index (χ1n) is 27.9. The highest BCUT2D eigenvalue weighted by Crippen LogP contribution is 2.27. The van der Waals surface area contributed by atoms with Gasteiger partial charge < -0.3 is 10.1 Å². The summed E-state index contributed by atoms with van der Waals surface area (Å²) in [6.07, 6.45) is -55.4. The molecular formula is C10H11B72NO2. The lowest BCUT2D eigenvalue weighted by Gasteiger charge is -2.60. The average molecular weight is 956 g/mol. The Hall–Kier alpha value is 3.33. The number of carbonyl (C=O) groups excluding carboxylic acids is 1. The molecule has 0 saturated carbocycles. The maximum atomic E-state index is 11.2. The molecule has 0 saturated heterocycles. The number of benzene rings is 1. The molecule has 0 atom stereocenters. The molecular weight excluding hydrogens is 945 g/mol. The third-order valence-corrected chi connectivity index (χ3v) is 17.4. The zero-order valence-electron chi connectivity index (χ0n) is 49.0. The van der Waals surface area contributed by atoms with Gasteiger partial charge in [-0.3, -0.25) is 0 Å². The van der Waals surface area contributed by atoms with E-state index in [2.05, 4.69) is 10.1 Å². The summed E-state index contributed by atoms with van der Waals surface area (Å²) in [5.74, 6) is -0.269. The lowest BCUT2D eigenvalue weighted by molar-refractivity contribution is 0.0600. The van der Waals surface area contributed by atoms with Crippen LogP contribution in [0, 0.1) is 0 Å². The van der Waals surface area contributed by atoms with Gasteiger partial charge >= 0.3 is 5.97 Å². The van der Waals surface area contributed by atoms with Crippen LogP contribution in [0.2, 0.25) is 0 Å². The number of nitrogens with one attached hydrogen (secondary N) is 1. The first-order valence-corrected chi connectivity index (χ1v) is 27.9. The molecule has 0 unspecified atom stereocenters. The molecule has 1 aliphatic rings. The molecule has 0 aromatic heterocycles. The van der Waals surface area contributed by atoms with E-state index in [9.17, 15) is 4.79 Å². The smallest absolute Gasteiger partial charge is 0.337 e. The second-order valence-electron chi connectivity index (χ2n) is 23.3. The maximum Gasteiger partial charge on any atom is 0.337 e. The van der Waals surface area contributed by atoms with Gasteiger partial charge in [-0.05, 0) is 23.3 Å². The van der Waals surface area contributed by atoms with Crippen molar-refractivity contribution in [2.45, 2.75) is 13.1 Å². The van der Waals surface area contributed by atoms with Gasteiger partial charge in [0.1, 0.15) is 0 Å². The minimum absolute atomic E-state index is 0.269. The van der Waals surface area contributed by atoms with Crippen LogP contribution in [0.4, 0.5) is 0 Å². The van der Waals surface area contributed by atoms with E-state index >= 15 is 0 Å². The van der Waals surface area contributed by atoms with Crippen molar-refractivity contribution in [3.8, 4) is 0 Å². The van der Waals surface area contributed by atoms with Crippen molar-refractivity contribution >= 4 is 516 Å². The normalized spacial score (nSPS) is 10.4. The van der Waals surface area contributed by atoms with Crippen LogP contribution in [0.5, 0.6) is 0 Å². The summed E-state index contributed by atoms with van der Waals surface area (Å²) in [5.41, 5.74) is 3.10. The number of fused-ring (bicyclic) bond motifs is 1. The fraction of sp³-hybridized carbons (Fsp3) is 0.300. The molecule has 1 aliphatic heterocycles. The molecule has 85 heavy (non-hydrogen) atoms. The third kappa shape index (κ3) is 23.5. The second-order valence-corrected chi connectivity index (χ2v) is 23.3. The zero-order chi connectivity index (χ0) is 66.5. The lowest BCUT2D eigenvalue weighted by Crippen LogP contribution is -2.98. The van der Waals surface area contributed by atoms with Crippen molar-refractivity contribution in [3.63, 3.8) is 0 Å². The predicted molar refractivity (Wildman–Crippen MR) is 463 cm³/mol. The number of hydrogen-bond acceptors (Lipinski definition) is 3. The number of ether oxygens (including phenoxy) is 1. The topological polar surface area (TPSA) is 38.3 Å². The zero-order valence-corrected chi connectivity index (χ0v) is 49.0. The summed E-state index contributed by atoms with van der Waals surface area (Å²) in [7, 11) is 251. The lowest BCUT2D eigenvalue weighted by atomic mass is 8.21. The van der Waals surface area contributed by atoms with Crippen LogP contribution in [0.3, 0.4) is 0 Å². The van der Waals surface area contributed by atoms with Crippen LogP contribution in [0.1, 0.15) is 21.5 Å². The monoisotopic (exact) mass is 970 g/mol. The van der Waals surface area contributed by atoms with E-state index in [1.165, 1.54) is 18.2 Å². The standard InChI is InChI=1S/C10H11NO2.B72/c1-13-10(12)7-2-3-8-5-11-6-9(8)4-7;1-38(2)56(37)65(55(35)36)70(66(57(39(3)4)40(5)6)58(41(7)8)42(9)10)72(69(63(51(27)28)52(29)30)64(53(31)32)54(33)34)71(67(59(43(11)12)44(13)14)60(45(15)16)46(17)18)68(61(47(19)20)48(21)22)62(49(23)24)50(25)26/h2-4,11H,5-6H2,1H3;. The number of carbonyl (C=O) groups is 1. The molecule has 1 aromatic carbocycles. The molecule has 74 radical (unpaired) electrons.